The molecule has 0 radical (unpaired) electrons. The average Bonchev–Trinajstić information content (AvgIpc) is 2.32. The molecule has 0 unspecified atom stereocenters. The highest BCUT2D eigenvalue weighted by Gasteiger charge is 2.15. The number of halogens is 2. The fraction of sp³-hybridized carbons (Fsp3) is 0. The van der Waals surface area contributed by atoms with Gasteiger partial charge >= 0.3 is 0 Å². The molecule has 0 heterocycles. The first-order valence-electron chi connectivity index (χ1n) is 5.15. The topological polar surface area (TPSA) is 66.4 Å². The van der Waals surface area contributed by atoms with E-state index in [1.807, 2.05) is 0 Å². The normalized spacial score (nSPS) is 11.3. The van der Waals surface area contributed by atoms with Crippen molar-refractivity contribution in [1.29, 1.82) is 0 Å². The number of phenols is 1. The highest BCUT2D eigenvalue weighted by Crippen LogP contribution is 2.26. The summed E-state index contributed by atoms with van der Waals surface area (Å²) in [6.45, 7) is 0. The minimum Gasteiger partial charge on any atom is -0.508 e. The van der Waals surface area contributed by atoms with Gasteiger partial charge in [-0.2, -0.15) is 0 Å². The van der Waals surface area contributed by atoms with Gasteiger partial charge in [0.1, 0.15) is 5.75 Å². The Morgan fingerprint density at radius 1 is 1.16 bits per heavy atom. The molecule has 0 aliphatic heterocycles. The van der Waals surface area contributed by atoms with Crippen LogP contribution in [-0.2, 0) is 10.0 Å². The third-order valence-corrected chi connectivity index (χ3v) is 4.89. The molecule has 0 amide bonds. The van der Waals surface area contributed by atoms with Gasteiger partial charge in [0.15, 0.2) is 0 Å². The van der Waals surface area contributed by atoms with Crippen molar-refractivity contribution in [1.82, 2.24) is 0 Å². The first kappa shape index (κ1) is 14.2. The molecular weight excluding hydrogens is 354 g/mol. The Balaban J connectivity index is 2.35. The summed E-state index contributed by atoms with van der Waals surface area (Å²) in [5.74, 6) is -0.0162. The Labute approximate surface area is 124 Å². The summed E-state index contributed by atoms with van der Waals surface area (Å²) in [6.07, 6.45) is 0. The Bertz CT molecular complexity index is 719. The number of benzene rings is 2. The van der Waals surface area contributed by atoms with Crippen molar-refractivity contribution >= 4 is 43.2 Å². The van der Waals surface area contributed by atoms with Crippen LogP contribution < -0.4 is 4.72 Å². The Hall–Kier alpha value is -1.24. The minimum atomic E-state index is -3.72. The number of phenolic OH excluding ortho intramolecular Hbond substituents is 1. The van der Waals surface area contributed by atoms with E-state index in [1.54, 1.807) is 12.1 Å². The van der Waals surface area contributed by atoms with E-state index in [1.165, 1.54) is 30.3 Å². The van der Waals surface area contributed by atoms with Gasteiger partial charge < -0.3 is 5.11 Å². The molecule has 0 aliphatic rings. The quantitative estimate of drug-likeness (QED) is 0.876. The lowest BCUT2D eigenvalue weighted by molar-refractivity contribution is 0.475. The maximum Gasteiger partial charge on any atom is 0.261 e. The zero-order chi connectivity index (χ0) is 14.0. The summed E-state index contributed by atoms with van der Waals surface area (Å²) in [7, 11) is -3.72. The van der Waals surface area contributed by atoms with Crippen LogP contribution in [0.25, 0.3) is 0 Å². The van der Waals surface area contributed by atoms with Gasteiger partial charge in [0, 0.05) is 10.5 Å². The van der Waals surface area contributed by atoms with Crippen LogP contribution in [0.5, 0.6) is 5.75 Å². The Morgan fingerprint density at radius 3 is 2.53 bits per heavy atom. The second kappa shape index (κ2) is 5.40. The fourth-order valence-electron chi connectivity index (χ4n) is 1.43. The van der Waals surface area contributed by atoms with Crippen LogP contribution in [0.2, 0.25) is 5.02 Å². The van der Waals surface area contributed by atoms with Gasteiger partial charge in [0.05, 0.1) is 15.6 Å². The summed E-state index contributed by atoms with van der Waals surface area (Å²) < 4.78 is 27.1. The summed E-state index contributed by atoms with van der Waals surface area (Å²) >= 11 is 8.99. The van der Waals surface area contributed by atoms with Crippen LogP contribution in [0.15, 0.2) is 51.8 Å². The maximum atomic E-state index is 12.1. The zero-order valence-corrected chi connectivity index (χ0v) is 12.6. The van der Waals surface area contributed by atoms with Crippen molar-refractivity contribution in [2.24, 2.45) is 0 Å². The maximum absolute atomic E-state index is 12.1. The molecule has 0 fully saturated rings. The summed E-state index contributed by atoms with van der Waals surface area (Å²) in [5.41, 5.74) is 0.283. The van der Waals surface area contributed by atoms with Gasteiger partial charge in [-0.1, -0.05) is 17.7 Å². The van der Waals surface area contributed by atoms with Crippen molar-refractivity contribution in [2.75, 3.05) is 4.72 Å². The number of hydrogen-bond donors (Lipinski definition) is 2. The van der Waals surface area contributed by atoms with Crippen molar-refractivity contribution in [2.45, 2.75) is 4.90 Å². The number of nitrogens with one attached hydrogen (secondary N) is 1. The smallest absolute Gasteiger partial charge is 0.261 e. The fourth-order valence-corrected chi connectivity index (χ4v) is 3.15. The van der Waals surface area contributed by atoms with Crippen molar-refractivity contribution < 1.29 is 13.5 Å². The third kappa shape index (κ3) is 3.40. The monoisotopic (exact) mass is 361 g/mol. The van der Waals surface area contributed by atoms with Crippen LogP contribution in [0.1, 0.15) is 0 Å². The Kier molecular flexibility index (Phi) is 4.03. The zero-order valence-electron chi connectivity index (χ0n) is 9.47. The number of rotatable bonds is 3. The summed E-state index contributed by atoms with van der Waals surface area (Å²) in [5, 5.41) is 9.73. The lowest BCUT2D eigenvalue weighted by atomic mass is 10.3. The van der Waals surface area contributed by atoms with Crippen LogP contribution in [-0.4, -0.2) is 13.5 Å². The summed E-state index contributed by atoms with van der Waals surface area (Å²) in [6, 6.07) is 10.2. The van der Waals surface area contributed by atoms with Gasteiger partial charge in [-0.05, 0) is 46.3 Å². The van der Waals surface area contributed by atoms with E-state index in [0.29, 0.717) is 9.50 Å². The second-order valence-corrected chi connectivity index (χ2v) is 6.68. The van der Waals surface area contributed by atoms with Crippen LogP contribution in [0.3, 0.4) is 0 Å². The standard InChI is InChI=1S/C12H9BrClNO3S/c13-11-7-10(4-5-12(11)14)19(17,18)15-8-2-1-3-9(16)6-8/h1-7,15-16H. The molecule has 2 rings (SSSR count). The van der Waals surface area contributed by atoms with Gasteiger partial charge in [-0.3, -0.25) is 4.72 Å². The SMILES string of the molecule is O=S(=O)(Nc1cccc(O)c1)c1ccc(Cl)c(Br)c1. The van der Waals surface area contributed by atoms with Gasteiger partial charge in [0.25, 0.3) is 10.0 Å². The lowest BCUT2D eigenvalue weighted by Gasteiger charge is -2.09. The van der Waals surface area contributed by atoms with Gasteiger partial charge in [-0.15, -0.1) is 0 Å². The van der Waals surface area contributed by atoms with Crippen LogP contribution >= 0.6 is 27.5 Å². The molecule has 0 saturated carbocycles. The molecule has 4 nitrogen and oxygen atoms in total. The first-order valence-corrected chi connectivity index (χ1v) is 7.81. The molecule has 0 atom stereocenters. The van der Waals surface area contributed by atoms with Crippen LogP contribution in [0.4, 0.5) is 5.69 Å². The molecule has 100 valence electrons. The molecule has 2 N–H and O–H groups in total. The van der Waals surface area contributed by atoms with E-state index in [4.69, 9.17) is 11.6 Å². The number of hydrogen-bond acceptors (Lipinski definition) is 3. The van der Waals surface area contributed by atoms with Crippen LogP contribution in [0, 0.1) is 0 Å². The molecule has 0 aliphatic carbocycles. The lowest BCUT2D eigenvalue weighted by Crippen LogP contribution is -2.12. The number of sulfonamides is 1. The van der Waals surface area contributed by atoms with E-state index < -0.39 is 10.0 Å². The summed E-state index contributed by atoms with van der Waals surface area (Å²) in [4.78, 5) is 0.0760. The molecular formula is C12H9BrClNO3S. The van der Waals surface area contributed by atoms with Crippen molar-refractivity contribution in [3.63, 3.8) is 0 Å². The van der Waals surface area contributed by atoms with E-state index in [-0.39, 0.29) is 16.3 Å². The predicted molar refractivity (Wildman–Crippen MR) is 78.1 cm³/mol. The molecule has 2 aromatic carbocycles. The molecule has 0 aromatic heterocycles. The van der Waals surface area contributed by atoms with E-state index in [0.717, 1.165) is 0 Å². The molecule has 0 spiro atoms. The van der Waals surface area contributed by atoms with E-state index in [9.17, 15) is 13.5 Å². The third-order valence-electron chi connectivity index (χ3n) is 2.30. The largest absolute Gasteiger partial charge is 0.508 e. The van der Waals surface area contributed by atoms with Gasteiger partial charge in [-0.25, -0.2) is 8.42 Å². The Morgan fingerprint density at radius 2 is 1.89 bits per heavy atom. The molecule has 2 aromatic rings. The first-order chi connectivity index (χ1) is 8.88. The number of anilines is 1. The minimum absolute atomic E-state index is 0.0162. The van der Waals surface area contributed by atoms with E-state index in [2.05, 4.69) is 20.7 Å². The van der Waals surface area contributed by atoms with E-state index >= 15 is 0 Å². The van der Waals surface area contributed by atoms with Gasteiger partial charge in [0.2, 0.25) is 0 Å². The second-order valence-electron chi connectivity index (χ2n) is 3.73. The highest BCUT2D eigenvalue weighted by atomic mass is 79.9. The molecule has 7 heteroatoms. The molecule has 0 saturated heterocycles. The number of aromatic hydroxyl groups is 1. The predicted octanol–water partition coefficient (Wildman–Crippen LogP) is 3.61. The molecule has 0 bridgehead atoms. The van der Waals surface area contributed by atoms with Crippen molar-refractivity contribution in [3.05, 3.63) is 52.0 Å². The highest BCUT2D eigenvalue weighted by molar-refractivity contribution is 9.10. The average molecular weight is 363 g/mol. The van der Waals surface area contributed by atoms with Crippen molar-refractivity contribution in [3.8, 4) is 5.75 Å². The molecule has 19 heavy (non-hydrogen) atoms.